The summed E-state index contributed by atoms with van der Waals surface area (Å²) in [4.78, 5) is 13.7. The Bertz CT molecular complexity index is 641. The highest BCUT2D eigenvalue weighted by molar-refractivity contribution is 7.89. The Labute approximate surface area is 140 Å². The molecule has 1 amide bonds. The van der Waals surface area contributed by atoms with Crippen LogP contribution in [-0.4, -0.2) is 38.9 Å². The molecule has 0 radical (unpaired) electrons. The lowest BCUT2D eigenvalue weighted by atomic mass is 10.2. The number of benzene rings is 1. The third kappa shape index (κ3) is 4.59. The molecule has 2 rings (SSSR count). The van der Waals surface area contributed by atoms with Gasteiger partial charge in [-0.05, 0) is 31.0 Å². The fourth-order valence-electron chi connectivity index (χ4n) is 2.35. The van der Waals surface area contributed by atoms with Gasteiger partial charge in [0.2, 0.25) is 15.9 Å². The van der Waals surface area contributed by atoms with Crippen LogP contribution in [-0.2, 0) is 14.8 Å². The van der Waals surface area contributed by atoms with Gasteiger partial charge in [0.15, 0.2) is 0 Å². The van der Waals surface area contributed by atoms with Crippen LogP contribution in [0.5, 0.6) is 0 Å². The fourth-order valence-corrected chi connectivity index (χ4v) is 4.08. The molecule has 0 bridgehead atoms. The SMILES string of the molecule is O=C(CNS(=O)(=O)c1cc(Cl)ccc1Cl)N1CCCCCC1. The van der Waals surface area contributed by atoms with E-state index in [1.165, 1.54) is 18.2 Å². The van der Waals surface area contributed by atoms with Gasteiger partial charge in [0.05, 0.1) is 11.6 Å². The van der Waals surface area contributed by atoms with Crippen molar-refractivity contribution < 1.29 is 13.2 Å². The normalized spacial score (nSPS) is 16.4. The monoisotopic (exact) mass is 364 g/mol. The number of rotatable bonds is 4. The number of sulfonamides is 1. The van der Waals surface area contributed by atoms with Gasteiger partial charge >= 0.3 is 0 Å². The highest BCUT2D eigenvalue weighted by Gasteiger charge is 2.22. The number of amides is 1. The molecule has 0 spiro atoms. The zero-order chi connectivity index (χ0) is 16.2. The highest BCUT2D eigenvalue weighted by Crippen LogP contribution is 2.24. The van der Waals surface area contributed by atoms with Crippen molar-refractivity contribution in [3.05, 3.63) is 28.2 Å². The highest BCUT2D eigenvalue weighted by atomic mass is 35.5. The molecule has 5 nitrogen and oxygen atoms in total. The van der Waals surface area contributed by atoms with Crippen LogP contribution in [0.4, 0.5) is 0 Å². The van der Waals surface area contributed by atoms with E-state index < -0.39 is 10.0 Å². The van der Waals surface area contributed by atoms with Crippen molar-refractivity contribution in [2.24, 2.45) is 0 Å². The van der Waals surface area contributed by atoms with E-state index in [9.17, 15) is 13.2 Å². The van der Waals surface area contributed by atoms with Gasteiger partial charge in [-0.3, -0.25) is 4.79 Å². The summed E-state index contributed by atoms with van der Waals surface area (Å²) in [6.45, 7) is 1.09. The quantitative estimate of drug-likeness (QED) is 0.892. The van der Waals surface area contributed by atoms with E-state index in [1.807, 2.05) is 0 Å². The van der Waals surface area contributed by atoms with Crippen LogP contribution in [0.2, 0.25) is 10.0 Å². The summed E-state index contributed by atoms with van der Waals surface area (Å²) in [5.74, 6) is -0.219. The Morgan fingerprint density at radius 1 is 1.14 bits per heavy atom. The van der Waals surface area contributed by atoms with E-state index in [4.69, 9.17) is 23.2 Å². The second-order valence-electron chi connectivity index (χ2n) is 5.19. The molecule has 1 N–H and O–H groups in total. The first-order valence-electron chi connectivity index (χ1n) is 7.12. The third-order valence-electron chi connectivity index (χ3n) is 3.55. The Morgan fingerprint density at radius 3 is 2.41 bits per heavy atom. The number of hydrogen-bond acceptors (Lipinski definition) is 3. The Morgan fingerprint density at radius 2 is 1.77 bits per heavy atom. The molecule has 1 aliphatic heterocycles. The summed E-state index contributed by atoms with van der Waals surface area (Å²) in [7, 11) is -3.87. The smallest absolute Gasteiger partial charge is 0.242 e. The zero-order valence-electron chi connectivity index (χ0n) is 12.0. The first kappa shape index (κ1) is 17.5. The number of nitrogens with zero attached hydrogens (tertiary/aromatic N) is 1. The minimum atomic E-state index is -3.87. The summed E-state index contributed by atoms with van der Waals surface area (Å²) < 4.78 is 26.8. The Kier molecular flexibility index (Phi) is 6.09. The molecule has 0 atom stereocenters. The maximum atomic E-state index is 12.2. The van der Waals surface area contributed by atoms with Crippen LogP contribution in [0.15, 0.2) is 23.1 Å². The molecular weight excluding hydrogens is 347 g/mol. The summed E-state index contributed by atoms with van der Waals surface area (Å²) in [6, 6.07) is 4.18. The molecule has 1 saturated heterocycles. The predicted octanol–water partition coefficient (Wildman–Crippen LogP) is 2.67. The number of hydrogen-bond donors (Lipinski definition) is 1. The van der Waals surface area contributed by atoms with Gasteiger partial charge in [0.25, 0.3) is 0 Å². The lowest BCUT2D eigenvalue weighted by Gasteiger charge is -2.20. The summed E-state index contributed by atoms with van der Waals surface area (Å²) in [5.41, 5.74) is 0. The molecule has 0 aromatic heterocycles. The van der Waals surface area contributed by atoms with Crippen LogP contribution in [0.25, 0.3) is 0 Å². The molecular formula is C14H18Cl2N2O3S. The van der Waals surface area contributed by atoms with Gasteiger partial charge in [0, 0.05) is 18.1 Å². The van der Waals surface area contributed by atoms with Crippen LogP contribution in [0, 0.1) is 0 Å². The van der Waals surface area contributed by atoms with Crippen molar-refractivity contribution in [3.63, 3.8) is 0 Å². The van der Waals surface area contributed by atoms with Crippen molar-refractivity contribution in [1.82, 2.24) is 9.62 Å². The van der Waals surface area contributed by atoms with Gasteiger partial charge < -0.3 is 4.90 Å². The van der Waals surface area contributed by atoms with Gasteiger partial charge in [0.1, 0.15) is 4.90 Å². The standard InChI is InChI=1S/C14H18Cl2N2O3S/c15-11-5-6-12(16)13(9-11)22(20,21)17-10-14(19)18-7-3-1-2-4-8-18/h5-6,9,17H,1-4,7-8,10H2. The second kappa shape index (κ2) is 7.64. The summed E-state index contributed by atoms with van der Waals surface area (Å²) >= 11 is 11.7. The van der Waals surface area contributed by atoms with E-state index >= 15 is 0 Å². The number of nitrogens with one attached hydrogen (secondary N) is 1. The molecule has 1 aromatic rings. The average molecular weight is 365 g/mol. The first-order chi connectivity index (χ1) is 10.4. The Hall–Kier alpha value is -0.820. The van der Waals surface area contributed by atoms with Gasteiger partial charge in [-0.25, -0.2) is 13.1 Å². The minimum absolute atomic E-state index is 0.0686. The van der Waals surface area contributed by atoms with E-state index in [0.29, 0.717) is 13.1 Å². The zero-order valence-corrected chi connectivity index (χ0v) is 14.3. The average Bonchev–Trinajstić information content (AvgIpc) is 2.76. The predicted molar refractivity (Wildman–Crippen MR) is 86.7 cm³/mol. The lowest BCUT2D eigenvalue weighted by Crippen LogP contribution is -2.40. The largest absolute Gasteiger partial charge is 0.342 e. The molecule has 1 fully saturated rings. The molecule has 1 aromatic carbocycles. The van der Waals surface area contributed by atoms with Crippen molar-refractivity contribution >= 4 is 39.1 Å². The lowest BCUT2D eigenvalue weighted by molar-refractivity contribution is -0.129. The fraction of sp³-hybridized carbons (Fsp3) is 0.500. The van der Waals surface area contributed by atoms with Crippen LogP contribution >= 0.6 is 23.2 Å². The van der Waals surface area contributed by atoms with Crippen LogP contribution in [0.3, 0.4) is 0 Å². The maximum absolute atomic E-state index is 12.2. The second-order valence-corrected chi connectivity index (χ2v) is 7.77. The van der Waals surface area contributed by atoms with Crippen LogP contribution in [0.1, 0.15) is 25.7 Å². The van der Waals surface area contributed by atoms with Crippen LogP contribution < -0.4 is 4.72 Å². The van der Waals surface area contributed by atoms with E-state index in [2.05, 4.69) is 4.72 Å². The maximum Gasteiger partial charge on any atom is 0.242 e. The molecule has 1 heterocycles. The number of halogens is 2. The molecule has 0 unspecified atom stereocenters. The molecule has 1 aliphatic rings. The van der Waals surface area contributed by atoms with Gasteiger partial charge in [-0.15, -0.1) is 0 Å². The summed E-state index contributed by atoms with van der Waals surface area (Å²) in [6.07, 6.45) is 4.12. The van der Waals surface area contributed by atoms with Crippen molar-refractivity contribution in [2.45, 2.75) is 30.6 Å². The molecule has 22 heavy (non-hydrogen) atoms. The number of carbonyl (C=O) groups excluding carboxylic acids is 1. The first-order valence-corrected chi connectivity index (χ1v) is 9.36. The molecule has 122 valence electrons. The van der Waals surface area contributed by atoms with E-state index in [-0.39, 0.29) is 27.4 Å². The van der Waals surface area contributed by atoms with Crippen molar-refractivity contribution in [1.29, 1.82) is 0 Å². The molecule has 0 aliphatic carbocycles. The molecule has 8 heteroatoms. The van der Waals surface area contributed by atoms with Gasteiger partial charge in [-0.1, -0.05) is 36.0 Å². The molecule has 0 saturated carbocycles. The summed E-state index contributed by atoms with van der Waals surface area (Å²) in [5, 5.41) is 0.336. The minimum Gasteiger partial charge on any atom is -0.342 e. The number of likely N-dealkylation sites (tertiary alicyclic amines) is 1. The van der Waals surface area contributed by atoms with E-state index in [1.54, 1.807) is 4.90 Å². The third-order valence-corrected chi connectivity index (χ3v) is 5.67. The number of carbonyl (C=O) groups is 1. The topological polar surface area (TPSA) is 66.5 Å². The van der Waals surface area contributed by atoms with Crippen molar-refractivity contribution in [2.75, 3.05) is 19.6 Å². The Balaban J connectivity index is 2.03. The van der Waals surface area contributed by atoms with Gasteiger partial charge in [-0.2, -0.15) is 0 Å². The van der Waals surface area contributed by atoms with E-state index in [0.717, 1.165) is 25.7 Å². The van der Waals surface area contributed by atoms with Crippen molar-refractivity contribution in [3.8, 4) is 0 Å².